The largest absolute Gasteiger partial charge is 0.457 e. The van der Waals surface area contributed by atoms with Crippen molar-refractivity contribution < 1.29 is 24.2 Å². The van der Waals surface area contributed by atoms with Crippen LogP contribution in [0, 0.1) is 18.8 Å². The first kappa shape index (κ1) is 29.8. The fraction of sp³-hybridized carbons (Fsp3) is 0.581. The van der Waals surface area contributed by atoms with Gasteiger partial charge in [-0.3, -0.25) is 9.48 Å². The maximum atomic E-state index is 13.0. The number of nitrogens with zero attached hydrogens (tertiary/aromatic N) is 4. The van der Waals surface area contributed by atoms with Gasteiger partial charge in [0.15, 0.2) is 0 Å². The van der Waals surface area contributed by atoms with Crippen LogP contribution in [0.5, 0.6) is 0 Å². The van der Waals surface area contributed by atoms with E-state index in [4.69, 9.17) is 9.47 Å². The third-order valence-corrected chi connectivity index (χ3v) is 8.16. The number of carbonyl (C=O) groups is 2. The maximum absolute atomic E-state index is 13.0. The molecule has 2 aliphatic heterocycles. The number of ether oxygens (including phenoxy) is 2. The van der Waals surface area contributed by atoms with Crippen molar-refractivity contribution in [3.05, 3.63) is 47.2 Å². The number of carbonyl (C=O) groups excluding carboxylic acids is 2. The second kappa shape index (κ2) is 13.0. The maximum Gasteiger partial charge on any atom is 0.410 e. The van der Waals surface area contributed by atoms with Crippen molar-refractivity contribution in [1.82, 2.24) is 19.6 Å². The standard InChI is InChI=1S/C31H44N4O5/c1-20-7-10-25(36)19-29(37)40-30(22(3)17-24-9-11-26-23(4)32-34(6)27(26)18-24)21(2)8-12-28(20)39-31(38)35-15-13-33(5)14-16-35/h8-9,11-12,17-18,20-21,25,28,30,36H,7,10,13-16,19H2,1-6H3/b12-8-,22-17+/t20-,21-,25+,28-,30-/m0/s1. The number of rotatable bonds is 3. The molecule has 1 N–H and O–H groups in total. The fourth-order valence-electron chi connectivity index (χ4n) is 5.52. The lowest BCUT2D eigenvalue weighted by molar-refractivity contribution is -0.151. The molecule has 1 amide bonds. The van der Waals surface area contributed by atoms with Crippen molar-refractivity contribution >= 4 is 29.0 Å². The molecule has 218 valence electrons. The Morgan fingerprint density at radius 2 is 1.85 bits per heavy atom. The van der Waals surface area contributed by atoms with Crippen LogP contribution in [0.1, 0.15) is 51.3 Å². The molecule has 0 saturated carbocycles. The third-order valence-electron chi connectivity index (χ3n) is 8.16. The van der Waals surface area contributed by atoms with E-state index in [1.165, 1.54) is 0 Å². The molecule has 0 spiro atoms. The molecule has 2 aromatic rings. The summed E-state index contributed by atoms with van der Waals surface area (Å²) in [7, 11) is 3.97. The minimum absolute atomic E-state index is 0.0193. The molecule has 9 heteroatoms. The summed E-state index contributed by atoms with van der Waals surface area (Å²) >= 11 is 0. The highest BCUT2D eigenvalue weighted by Gasteiger charge is 2.29. The Morgan fingerprint density at radius 1 is 1.12 bits per heavy atom. The summed E-state index contributed by atoms with van der Waals surface area (Å²) in [6.45, 7) is 10.9. The van der Waals surface area contributed by atoms with E-state index in [1.54, 1.807) is 4.90 Å². The summed E-state index contributed by atoms with van der Waals surface area (Å²) in [5.74, 6) is -0.625. The monoisotopic (exact) mass is 552 g/mol. The number of cyclic esters (lactones) is 1. The summed E-state index contributed by atoms with van der Waals surface area (Å²) in [4.78, 5) is 29.8. The number of likely N-dealkylation sites (N-methyl/N-ethyl adjacent to an activating group) is 1. The van der Waals surface area contributed by atoms with Crippen LogP contribution >= 0.6 is 0 Å². The molecule has 9 nitrogen and oxygen atoms in total. The Morgan fingerprint density at radius 3 is 2.58 bits per heavy atom. The van der Waals surface area contributed by atoms with E-state index in [0.717, 1.165) is 40.8 Å². The van der Waals surface area contributed by atoms with Crippen LogP contribution in [-0.2, 0) is 21.3 Å². The first-order valence-corrected chi connectivity index (χ1v) is 14.3. The van der Waals surface area contributed by atoms with E-state index >= 15 is 0 Å². The molecule has 0 bridgehead atoms. The molecule has 2 aliphatic rings. The van der Waals surface area contributed by atoms with Crippen molar-refractivity contribution in [2.24, 2.45) is 18.9 Å². The van der Waals surface area contributed by atoms with Gasteiger partial charge >= 0.3 is 12.1 Å². The summed E-state index contributed by atoms with van der Waals surface area (Å²) in [5, 5.41) is 16.2. The van der Waals surface area contributed by atoms with Crippen LogP contribution in [0.3, 0.4) is 0 Å². The van der Waals surface area contributed by atoms with Crippen molar-refractivity contribution in [2.75, 3.05) is 33.2 Å². The molecular weight excluding hydrogens is 508 g/mol. The van der Waals surface area contributed by atoms with E-state index in [2.05, 4.69) is 22.1 Å². The molecule has 1 fully saturated rings. The van der Waals surface area contributed by atoms with Gasteiger partial charge in [0.25, 0.3) is 0 Å². The molecule has 0 unspecified atom stereocenters. The van der Waals surface area contributed by atoms with Gasteiger partial charge in [0.2, 0.25) is 0 Å². The second-order valence-corrected chi connectivity index (χ2v) is 11.6. The van der Waals surface area contributed by atoms with E-state index in [9.17, 15) is 14.7 Å². The molecule has 0 aliphatic carbocycles. The van der Waals surface area contributed by atoms with Gasteiger partial charge < -0.3 is 24.4 Å². The van der Waals surface area contributed by atoms with E-state index < -0.39 is 24.3 Å². The second-order valence-electron chi connectivity index (χ2n) is 11.6. The molecule has 1 aromatic heterocycles. The molecule has 4 rings (SSSR count). The smallest absolute Gasteiger partial charge is 0.410 e. The van der Waals surface area contributed by atoms with Crippen LogP contribution in [0.15, 0.2) is 35.9 Å². The number of benzene rings is 1. The molecule has 0 radical (unpaired) electrons. The number of aliphatic hydroxyl groups is 1. The highest BCUT2D eigenvalue weighted by Crippen LogP contribution is 2.27. The molecule has 5 atom stereocenters. The SMILES string of the molecule is C/C(=C\c1ccc2c(C)nn(C)c2c1)[C@H]1OC(=O)C[C@H](O)CC[C@H](C)[C@@H](OC(=O)N2CCN(C)CC2)/C=C\[C@@H]1C. The van der Waals surface area contributed by atoms with Crippen LogP contribution in [0.25, 0.3) is 17.0 Å². The van der Waals surface area contributed by atoms with Crippen molar-refractivity contribution in [3.63, 3.8) is 0 Å². The van der Waals surface area contributed by atoms with Gasteiger partial charge in [-0.25, -0.2) is 4.79 Å². The normalized spacial score (nSPS) is 28.5. The number of fused-ring (bicyclic) bond motifs is 1. The lowest BCUT2D eigenvalue weighted by Crippen LogP contribution is -2.48. The predicted molar refractivity (Wildman–Crippen MR) is 156 cm³/mol. The number of hydrogen-bond acceptors (Lipinski definition) is 7. The van der Waals surface area contributed by atoms with Gasteiger partial charge in [-0.1, -0.05) is 38.1 Å². The van der Waals surface area contributed by atoms with Gasteiger partial charge in [0.1, 0.15) is 12.2 Å². The van der Waals surface area contributed by atoms with Crippen molar-refractivity contribution in [3.8, 4) is 0 Å². The zero-order chi connectivity index (χ0) is 29.0. The van der Waals surface area contributed by atoms with Gasteiger partial charge in [0, 0.05) is 44.5 Å². The van der Waals surface area contributed by atoms with Gasteiger partial charge in [-0.2, -0.15) is 5.10 Å². The number of aryl methyl sites for hydroxylation is 2. The van der Waals surface area contributed by atoms with Crippen molar-refractivity contribution in [2.45, 2.75) is 65.3 Å². The number of esters is 1. The highest BCUT2D eigenvalue weighted by molar-refractivity contribution is 5.84. The van der Waals surface area contributed by atoms with Crippen LogP contribution in [-0.4, -0.2) is 88.3 Å². The molecule has 3 heterocycles. The molecule has 1 saturated heterocycles. The molecular formula is C31H44N4O5. The number of amides is 1. The zero-order valence-electron chi connectivity index (χ0n) is 24.7. The fourth-order valence-corrected chi connectivity index (χ4v) is 5.52. The van der Waals surface area contributed by atoms with Gasteiger partial charge in [-0.05, 0) is 62.9 Å². The van der Waals surface area contributed by atoms with Crippen molar-refractivity contribution in [1.29, 1.82) is 0 Å². The average molecular weight is 553 g/mol. The third kappa shape index (κ3) is 7.31. The summed E-state index contributed by atoms with van der Waals surface area (Å²) in [6.07, 6.45) is 4.80. The average Bonchev–Trinajstić information content (AvgIpc) is 3.20. The van der Waals surface area contributed by atoms with Crippen LogP contribution < -0.4 is 0 Å². The molecule has 40 heavy (non-hydrogen) atoms. The topological polar surface area (TPSA) is 97.1 Å². The Bertz CT molecular complexity index is 1260. The first-order valence-electron chi connectivity index (χ1n) is 14.3. The number of aliphatic hydroxyl groups excluding tert-OH is 1. The Labute approximate surface area is 237 Å². The van der Waals surface area contributed by atoms with E-state index in [-0.39, 0.29) is 24.3 Å². The Hall–Kier alpha value is -3.17. The zero-order valence-corrected chi connectivity index (χ0v) is 24.7. The Balaban J connectivity index is 1.58. The minimum atomic E-state index is -0.817. The van der Waals surface area contributed by atoms with Crippen LogP contribution in [0.2, 0.25) is 0 Å². The highest BCUT2D eigenvalue weighted by atomic mass is 16.6. The first-order chi connectivity index (χ1) is 19.0. The lowest BCUT2D eigenvalue weighted by Gasteiger charge is -2.33. The van der Waals surface area contributed by atoms with Gasteiger partial charge in [-0.15, -0.1) is 0 Å². The van der Waals surface area contributed by atoms with E-state index in [1.807, 2.05) is 70.8 Å². The number of piperazine rings is 1. The van der Waals surface area contributed by atoms with E-state index in [0.29, 0.717) is 25.9 Å². The lowest BCUT2D eigenvalue weighted by atomic mass is 9.91. The van der Waals surface area contributed by atoms with Gasteiger partial charge in [0.05, 0.1) is 23.7 Å². The predicted octanol–water partition coefficient (Wildman–Crippen LogP) is 4.32. The minimum Gasteiger partial charge on any atom is -0.457 e. The number of aromatic nitrogens is 2. The summed E-state index contributed by atoms with van der Waals surface area (Å²) in [5.41, 5.74) is 3.88. The molecule has 1 aromatic carbocycles. The summed E-state index contributed by atoms with van der Waals surface area (Å²) < 4.78 is 13.8. The Kier molecular flexibility index (Phi) is 9.68. The summed E-state index contributed by atoms with van der Waals surface area (Å²) in [6, 6.07) is 6.18. The number of hydrogen-bond donors (Lipinski definition) is 1. The quantitative estimate of drug-likeness (QED) is 0.447. The van der Waals surface area contributed by atoms with Crippen LogP contribution in [0.4, 0.5) is 4.79 Å².